The highest BCUT2D eigenvalue weighted by Gasteiger charge is 2.47. The van der Waals surface area contributed by atoms with E-state index < -0.39 is 0 Å². The quantitative estimate of drug-likeness (QED) is 0.737. The largest absolute Gasteiger partial charge is 0.395 e. The van der Waals surface area contributed by atoms with Gasteiger partial charge in [0, 0.05) is 6.04 Å². The summed E-state index contributed by atoms with van der Waals surface area (Å²) in [4.78, 5) is 0. The molecule has 0 aliphatic heterocycles. The average molecular weight is 206 g/mol. The number of hydrogen-bond donors (Lipinski definition) is 2. The zero-order valence-corrected chi connectivity index (χ0v) is 8.85. The van der Waals surface area contributed by atoms with E-state index in [-0.39, 0.29) is 25.1 Å². The fourth-order valence-corrected chi connectivity index (χ4v) is 2.92. The van der Waals surface area contributed by atoms with E-state index in [0.717, 1.165) is 17.8 Å². The Hall–Kier alpha value is 0.210. The van der Waals surface area contributed by atoms with Crippen molar-refractivity contribution in [2.75, 3.05) is 6.61 Å². The Morgan fingerprint density at radius 3 is 2.38 bits per heavy atom. The van der Waals surface area contributed by atoms with Crippen LogP contribution in [-0.4, -0.2) is 17.8 Å². The Bertz CT molecular complexity index is 160. The molecular weight excluding hydrogens is 186 g/mol. The second-order valence-electron chi connectivity index (χ2n) is 4.81. The summed E-state index contributed by atoms with van der Waals surface area (Å²) in [6.07, 6.45) is 8.17. The van der Waals surface area contributed by atoms with Crippen LogP contribution in [0.5, 0.6) is 0 Å². The molecule has 0 aromatic rings. The molecule has 0 radical (unpaired) electrons. The molecule has 0 amide bonds. The van der Waals surface area contributed by atoms with Crippen molar-refractivity contribution < 1.29 is 5.11 Å². The summed E-state index contributed by atoms with van der Waals surface area (Å²) >= 11 is 0. The third-order valence-corrected chi connectivity index (χ3v) is 3.73. The molecule has 3 heteroatoms. The Morgan fingerprint density at radius 2 is 2.00 bits per heavy atom. The SMILES string of the molecule is Cl.N[C@@H](CO)CC1CC2(CCC2)C1. The minimum absolute atomic E-state index is 0. The second-order valence-corrected chi connectivity index (χ2v) is 4.81. The minimum atomic E-state index is 0. The molecule has 0 unspecified atom stereocenters. The van der Waals surface area contributed by atoms with Crippen molar-refractivity contribution in [3.05, 3.63) is 0 Å². The van der Waals surface area contributed by atoms with Crippen LogP contribution in [0.3, 0.4) is 0 Å². The first kappa shape index (κ1) is 11.3. The van der Waals surface area contributed by atoms with Gasteiger partial charge in [-0.15, -0.1) is 12.4 Å². The first-order chi connectivity index (χ1) is 5.74. The predicted octanol–water partition coefficient (Wildman–Crippen LogP) is 1.70. The number of rotatable bonds is 3. The van der Waals surface area contributed by atoms with Gasteiger partial charge in [0.1, 0.15) is 0 Å². The predicted molar refractivity (Wildman–Crippen MR) is 55.9 cm³/mol. The molecular formula is C10H20ClNO. The minimum Gasteiger partial charge on any atom is -0.395 e. The summed E-state index contributed by atoms with van der Waals surface area (Å²) in [6.45, 7) is 0.156. The maximum absolute atomic E-state index is 8.78. The average Bonchev–Trinajstić information content (AvgIpc) is 1.91. The van der Waals surface area contributed by atoms with Gasteiger partial charge in [-0.2, -0.15) is 0 Å². The van der Waals surface area contributed by atoms with E-state index in [0.29, 0.717) is 0 Å². The van der Waals surface area contributed by atoms with Crippen LogP contribution in [0.25, 0.3) is 0 Å². The van der Waals surface area contributed by atoms with E-state index in [4.69, 9.17) is 10.8 Å². The summed E-state index contributed by atoms with van der Waals surface area (Å²) in [6, 6.07) is 0.0347. The van der Waals surface area contributed by atoms with E-state index in [9.17, 15) is 0 Å². The molecule has 0 aromatic heterocycles. The van der Waals surface area contributed by atoms with Crippen LogP contribution < -0.4 is 5.73 Å². The van der Waals surface area contributed by atoms with Crippen LogP contribution >= 0.6 is 12.4 Å². The van der Waals surface area contributed by atoms with Crippen molar-refractivity contribution >= 4 is 12.4 Å². The van der Waals surface area contributed by atoms with Crippen molar-refractivity contribution in [3.63, 3.8) is 0 Å². The highest BCUT2D eigenvalue weighted by molar-refractivity contribution is 5.85. The third-order valence-electron chi connectivity index (χ3n) is 3.73. The molecule has 2 aliphatic rings. The summed E-state index contributed by atoms with van der Waals surface area (Å²) in [5, 5.41) is 8.78. The number of hydrogen-bond acceptors (Lipinski definition) is 2. The van der Waals surface area contributed by atoms with E-state index >= 15 is 0 Å². The first-order valence-electron chi connectivity index (χ1n) is 5.11. The van der Waals surface area contributed by atoms with Gasteiger partial charge in [0.2, 0.25) is 0 Å². The zero-order chi connectivity index (χ0) is 8.60. The fourth-order valence-electron chi connectivity index (χ4n) is 2.92. The van der Waals surface area contributed by atoms with Crippen LogP contribution in [0.15, 0.2) is 0 Å². The monoisotopic (exact) mass is 205 g/mol. The van der Waals surface area contributed by atoms with Gasteiger partial charge in [-0.1, -0.05) is 6.42 Å². The molecule has 2 aliphatic carbocycles. The fraction of sp³-hybridized carbons (Fsp3) is 1.00. The zero-order valence-electron chi connectivity index (χ0n) is 8.04. The van der Waals surface area contributed by atoms with Gasteiger partial charge < -0.3 is 10.8 Å². The maximum Gasteiger partial charge on any atom is 0.0582 e. The Balaban J connectivity index is 0.000000845. The summed E-state index contributed by atoms with van der Waals surface area (Å²) in [5.41, 5.74) is 6.45. The summed E-state index contributed by atoms with van der Waals surface area (Å²) < 4.78 is 0. The van der Waals surface area contributed by atoms with Crippen molar-refractivity contribution in [3.8, 4) is 0 Å². The molecule has 13 heavy (non-hydrogen) atoms. The summed E-state index contributed by atoms with van der Waals surface area (Å²) in [5.74, 6) is 0.826. The van der Waals surface area contributed by atoms with Crippen molar-refractivity contribution in [1.82, 2.24) is 0 Å². The third kappa shape index (κ3) is 2.17. The lowest BCUT2D eigenvalue weighted by molar-refractivity contribution is -0.0317. The van der Waals surface area contributed by atoms with Crippen LogP contribution in [0.2, 0.25) is 0 Å². The second kappa shape index (κ2) is 4.16. The Kier molecular flexibility index (Phi) is 3.61. The molecule has 0 heterocycles. The number of aliphatic hydroxyl groups excluding tert-OH is 1. The van der Waals surface area contributed by atoms with Gasteiger partial charge in [0.25, 0.3) is 0 Å². The van der Waals surface area contributed by atoms with Crippen LogP contribution in [0.4, 0.5) is 0 Å². The highest BCUT2D eigenvalue weighted by atomic mass is 35.5. The number of aliphatic hydroxyl groups is 1. The van der Waals surface area contributed by atoms with Crippen molar-refractivity contribution in [2.45, 2.75) is 44.6 Å². The van der Waals surface area contributed by atoms with Gasteiger partial charge in [0.15, 0.2) is 0 Å². The smallest absolute Gasteiger partial charge is 0.0582 e. The maximum atomic E-state index is 8.78. The molecule has 0 bridgehead atoms. The molecule has 1 atom stereocenters. The molecule has 0 aromatic carbocycles. The lowest BCUT2D eigenvalue weighted by atomic mass is 9.51. The molecule has 3 N–H and O–H groups in total. The molecule has 2 saturated carbocycles. The lowest BCUT2D eigenvalue weighted by Gasteiger charge is -2.54. The summed E-state index contributed by atoms with van der Waals surface area (Å²) in [7, 11) is 0. The Morgan fingerprint density at radius 1 is 1.38 bits per heavy atom. The van der Waals surface area contributed by atoms with Gasteiger partial charge in [-0.25, -0.2) is 0 Å². The molecule has 1 spiro atoms. The standard InChI is InChI=1S/C10H19NO.ClH/c11-9(7-12)4-8-5-10(6-8)2-1-3-10;/h8-9,12H,1-7,11H2;1H/t9-;/m1./s1. The van der Waals surface area contributed by atoms with Crippen LogP contribution in [0.1, 0.15) is 38.5 Å². The molecule has 2 nitrogen and oxygen atoms in total. The Labute approximate surface area is 86.3 Å². The molecule has 2 rings (SSSR count). The topological polar surface area (TPSA) is 46.2 Å². The van der Waals surface area contributed by atoms with Crippen LogP contribution in [-0.2, 0) is 0 Å². The molecule has 2 fully saturated rings. The van der Waals surface area contributed by atoms with E-state index in [1.807, 2.05) is 0 Å². The van der Waals surface area contributed by atoms with Gasteiger partial charge in [-0.3, -0.25) is 0 Å². The number of halogens is 1. The van der Waals surface area contributed by atoms with Crippen LogP contribution in [0, 0.1) is 11.3 Å². The van der Waals surface area contributed by atoms with E-state index in [2.05, 4.69) is 0 Å². The first-order valence-corrected chi connectivity index (χ1v) is 5.11. The highest BCUT2D eigenvalue weighted by Crippen LogP contribution is 2.59. The molecule has 0 saturated heterocycles. The van der Waals surface area contributed by atoms with Gasteiger partial charge >= 0.3 is 0 Å². The van der Waals surface area contributed by atoms with Crippen molar-refractivity contribution in [1.29, 1.82) is 0 Å². The number of nitrogens with two attached hydrogens (primary N) is 1. The molecule has 78 valence electrons. The van der Waals surface area contributed by atoms with E-state index in [1.54, 1.807) is 0 Å². The van der Waals surface area contributed by atoms with Gasteiger partial charge in [0.05, 0.1) is 6.61 Å². The lowest BCUT2D eigenvalue weighted by Crippen LogP contribution is -2.44. The van der Waals surface area contributed by atoms with Gasteiger partial charge in [-0.05, 0) is 43.4 Å². The normalized spacial score (nSPS) is 27.2. The van der Waals surface area contributed by atoms with E-state index in [1.165, 1.54) is 32.1 Å². The van der Waals surface area contributed by atoms with Crippen molar-refractivity contribution in [2.24, 2.45) is 17.1 Å².